The summed E-state index contributed by atoms with van der Waals surface area (Å²) in [4.78, 5) is 24.2. The van der Waals surface area contributed by atoms with E-state index in [-0.39, 0.29) is 18.0 Å². The van der Waals surface area contributed by atoms with Crippen LogP contribution >= 0.6 is 0 Å². The summed E-state index contributed by atoms with van der Waals surface area (Å²) >= 11 is 0. The fraction of sp³-hybridized carbons (Fsp3) is 0.364. The lowest BCUT2D eigenvalue weighted by Crippen LogP contribution is -2.30. The van der Waals surface area contributed by atoms with Gasteiger partial charge in [0, 0.05) is 18.8 Å². The molecule has 0 fully saturated rings. The molecule has 7 nitrogen and oxygen atoms in total. The van der Waals surface area contributed by atoms with Gasteiger partial charge in [0.05, 0.1) is 10.5 Å². The van der Waals surface area contributed by atoms with Crippen molar-refractivity contribution in [2.75, 3.05) is 25.0 Å². The smallest absolute Gasteiger partial charge is 0.341 e. The van der Waals surface area contributed by atoms with Gasteiger partial charge in [-0.2, -0.15) is 4.31 Å². The van der Waals surface area contributed by atoms with Crippen LogP contribution in [0.4, 0.5) is 10.1 Å². The molecule has 1 aliphatic rings. The average molecular weight is 449 g/mol. The van der Waals surface area contributed by atoms with E-state index in [0.717, 1.165) is 37.5 Å². The van der Waals surface area contributed by atoms with E-state index in [4.69, 9.17) is 4.74 Å². The Morgan fingerprint density at radius 3 is 2.48 bits per heavy atom. The number of hydrogen-bond acceptors (Lipinski definition) is 5. The number of aryl methyl sites for hydroxylation is 2. The van der Waals surface area contributed by atoms with Gasteiger partial charge in [-0.25, -0.2) is 17.6 Å². The Hall–Kier alpha value is -2.78. The summed E-state index contributed by atoms with van der Waals surface area (Å²) in [6.45, 7) is 3.21. The second-order valence-corrected chi connectivity index (χ2v) is 9.13. The van der Waals surface area contributed by atoms with E-state index in [1.807, 2.05) is 12.1 Å². The zero-order chi connectivity index (χ0) is 22.6. The molecule has 0 bridgehead atoms. The minimum atomic E-state index is -3.87. The summed E-state index contributed by atoms with van der Waals surface area (Å²) in [5.41, 5.74) is 2.50. The van der Waals surface area contributed by atoms with Crippen LogP contribution in [0.1, 0.15) is 41.8 Å². The topological polar surface area (TPSA) is 92.8 Å². The van der Waals surface area contributed by atoms with E-state index in [2.05, 4.69) is 5.32 Å². The lowest BCUT2D eigenvalue weighted by Gasteiger charge is -2.18. The number of nitrogens with zero attached hydrogens (tertiary/aromatic N) is 1. The molecule has 0 aliphatic heterocycles. The molecule has 0 radical (unpaired) electrons. The number of benzene rings is 2. The van der Waals surface area contributed by atoms with Gasteiger partial charge in [-0.3, -0.25) is 4.79 Å². The van der Waals surface area contributed by atoms with Gasteiger partial charge in [0.2, 0.25) is 10.0 Å². The number of carbonyl (C=O) groups is 2. The summed E-state index contributed by atoms with van der Waals surface area (Å²) in [6.07, 6.45) is 3.06. The molecule has 166 valence electrons. The molecule has 31 heavy (non-hydrogen) atoms. The van der Waals surface area contributed by atoms with Crippen LogP contribution < -0.4 is 5.32 Å². The second-order valence-electron chi connectivity index (χ2n) is 7.19. The number of nitrogens with one attached hydrogen (secondary N) is 1. The SMILES string of the molecule is CCN(CC)S(=O)(=O)c1ccc(F)c(C(=O)OCC(=O)Nc2ccc3c(c2)CCC3)c1. The summed E-state index contributed by atoms with van der Waals surface area (Å²) in [5.74, 6) is -2.61. The molecule has 3 rings (SSSR count). The number of hydrogen-bond donors (Lipinski definition) is 1. The minimum absolute atomic E-state index is 0.216. The monoisotopic (exact) mass is 448 g/mol. The van der Waals surface area contributed by atoms with Crippen molar-refractivity contribution in [3.8, 4) is 0 Å². The van der Waals surface area contributed by atoms with Gasteiger partial charge in [-0.15, -0.1) is 0 Å². The molecule has 0 heterocycles. The fourth-order valence-electron chi connectivity index (χ4n) is 3.59. The van der Waals surface area contributed by atoms with Gasteiger partial charge in [-0.05, 0) is 60.7 Å². The normalized spacial score (nSPS) is 13.2. The van der Waals surface area contributed by atoms with E-state index in [1.54, 1.807) is 19.9 Å². The van der Waals surface area contributed by atoms with Crippen molar-refractivity contribution >= 4 is 27.6 Å². The quantitative estimate of drug-likeness (QED) is 0.627. The maximum atomic E-state index is 14.2. The first-order chi connectivity index (χ1) is 14.8. The van der Waals surface area contributed by atoms with Gasteiger partial charge in [0.25, 0.3) is 5.91 Å². The van der Waals surface area contributed by atoms with Crippen molar-refractivity contribution in [3.05, 3.63) is 58.9 Å². The summed E-state index contributed by atoms with van der Waals surface area (Å²) in [6, 6.07) is 8.57. The number of carbonyl (C=O) groups excluding carboxylic acids is 2. The van der Waals surface area contributed by atoms with E-state index >= 15 is 0 Å². The fourth-order valence-corrected chi connectivity index (χ4v) is 5.07. The van der Waals surface area contributed by atoms with Crippen LogP contribution in [0.3, 0.4) is 0 Å². The Kier molecular flexibility index (Phi) is 7.07. The van der Waals surface area contributed by atoms with Gasteiger partial charge in [0.15, 0.2) is 6.61 Å². The highest BCUT2D eigenvalue weighted by molar-refractivity contribution is 7.89. The largest absolute Gasteiger partial charge is 0.452 e. The number of fused-ring (bicyclic) bond motifs is 1. The zero-order valence-corrected chi connectivity index (χ0v) is 18.3. The first-order valence-corrected chi connectivity index (χ1v) is 11.6. The van der Waals surface area contributed by atoms with Crippen LogP contribution in [0.25, 0.3) is 0 Å². The molecule has 0 saturated carbocycles. The molecule has 1 aliphatic carbocycles. The lowest BCUT2D eigenvalue weighted by atomic mass is 10.1. The standard InChI is InChI=1S/C22H25FN2O5S/c1-3-25(4-2)31(28,29)18-10-11-20(23)19(13-18)22(27)30-14-21(26)24-17-9-8-15-6-5-7-16(15)12-17/h8-13H,3-7,14H2,1-2H3,(H,24,26). The predicted octanol–water partition coefficient (Wildman–Crippen LogP) is 3.14. The summed E-state index contributed by atoms with van der Waals surface area (Å²) in [7, 11) is -3.87. The number of halogens is 1. The predicted molar refractivity (Wildman–Crippen MR) is 114 cm³/mol. The average Bonchev–Trinajstić information content (AvgIpc) is 3.20. The molecular weight excluding hydrogens is 423 g/mol. The van der Waals surface area contributed by atoms with Crippen molar-refractivity contribution in [1.82, 2.24) is 4.31 Å². The van der Waals surface area contributed by atoms with E-state index < -0.39 is 39.9 Å². The molecule has 1 amide bonds. The van der Waals surface area contributed by atoms with Crippen LogP contribution in [0.15, 0.2) is 41.3 Å². The zero-order valence-electron chi connectivity index (χ0n) is 17.5. The molecule has 9 heteroatoms. The Bertz CT molecular complexity index is 1100. The Labute approximate surface area is 181 Å². The molecule has 1 N–H and O–H groups in total. The van der Waals surface area contributed by atoms with Gasteiger partial charge in [-0.1, -0.05) is 19.9 Å². The third-order valence-electron chi connectivity index (χ3n) is 5.22. The molecule has 0 atom stereocenters. The Morgan fingerprint density at radius 1 is 1.06 bits per heavy atom. The number of amides is 1. The van der Waals surface area contributed by atoms with Crippen LogP contribution in [-0.2, 0) is 32.4 Å². The van der Waals surface area contributed by atoms with Crippen molar-refractivity contribution in [1.29, 1.82) is 0 Å². The number of ether oxygens (including phenoxy) is 1. The maximum absolute atomic E-state index is 14.2. The molecule has 2 aromatic carbocycles. The summed E-state index contributed by atoms with van der Waals surface area (Å²) in [5, 5.41) is 2.65. The van der Waals surface area contributed by atoms with E-state index in [9.17, 15) is 22.4 Å². The van der Waals surface area contributed by atoms with Crippen molar-refractivity contribution in [2.24, 2.45) is 0 Å². The number of rotatable bonds is 8. The molecule has 2 aromatic rings. The lowest BCUT2D eigenvalue weighted by molar-refractivity contribution is -0.119. The first-order valence-electron chi connectivity index (χ1n) is 10.1. The van der Waals surface area contributed by atoms with E-state index in [0.29, 0.717) is 5.69 Å². The third-order valence-corrected chi connectivity index (χ3v) is 7.26. The van der Waals surface area contributed by atoms with Gasteiger partial charge in [0.1, 0.15) is 5.82 Å². The third kappa shape index (κ3) is 5.11. The number of anilines is 1. The highest BCUT2D eigenvalue weighted by Gasteiger charge is 2.25. The molecule has 0 spiro atoms. The molecular formula is C22H25FN2O5S. The van der Waals surface area contributed by atoms with E-state index in [1.165, 1.54) is 15.4 Å². The van der Waals surface area contributed by atoms with Gasteiger partial charge < -0.3 is 10.1 Å². The van der Waals surface area contributed by atoms with Crippen LogP contribution in [0.5, 0.6) is 0 Å². The van der Waals surface area contributed by atoms with Crippen molar-refractivity contribution in [3.63, 3.8) is 0 Å². The Balaban J connectivity index is 1.67. The van der Waals surface area contributed by atoms with Crippen molar-refractivity contribution in [2.45, 2.75) is 38.0 Å². The highest BCUT2D eigenvalue weighted by atomic mass is 32.2. The number of esters is 1. The van der Waals surface area contributed by atoms with Gasteiger partial charge >= 0.3 is 5.97 Å². The van der Waals surface area contributed by atoms with Crippen LogP contribution in [-0.4, -0.2) is 44.3 Å². The minimum Gasteiger partial charge on any atom is -0.452 e. The summed E-state index contributed by atoms with van der Waals surface area (Å²) < 4.78 is 45.5. The molecule has 0 unspecified atom stereocenters. The molecule has 0 saturated heterocycles. The maximum Gasteiger partial charge on any atom is 0.341 e. The first kappa shape index (κ1) is 22.9. The van der Waals surface area contributed by atoms with Crippen molar-refractivity contribution < 1.29 is 27.1 Å². The van der Waals surface area contributed by atoms with Crippen LogP contribution in [0.2, 0.25) is 0 Å². The second kappa shape index (κ2) is 9.57. The highest BCUT2D eigenvalue weighted by Crippen LogP contribution is 2.25. The Morgan fingerprint density at radius 2 is 1.77 bits per heavy atom. The number of sulfonamides is 1. The van der Waals surface area contributed by atoms with Crippen LogP contribution in [0, 0.1) is 5.82 Å². The molecule has 0 aromatic heterocycles.